The standard InChI is InChI=1S/C17H21BrN2O2/c1-2-4-14-10-15(19-22-14)16-5-3-8-20(16)11-12-9-13(18)6-7-17(12)21/h6-7,9-10,16,21H,2-5,8,11H2,1H3/t16-/m1/s1. The molecule has 2 heterocycles. The molecule has 1 aromatic carbocycles. The summed E-state index contributed by atoms with van der Waals surface area (Å²) in [6.45, 7) is 3.89. The smallest absolute Gasteiger partial charge is 0.137 e. The van der Waals surface area contributed by atoms with Crippen molar-refractivity contribution in [3.05, 3.63) is 45.8 Å². The van der Waals surface area contributed by atoms with Crippen LogP contribution in [0.1, 0.15) is 49.2 Å². The number of rotatable bonds is 5. The molecule has 5 heteroatoms. The van der Waals surface area contributed by atoms with Crippen molar-refractivity contribution in [2.24, 2.45) is 0 Å². The van der Waals surface area contributed by atoms with Crippen molar-refractivity contribution in [1.82, 2.24) is 10.1 Å². The Bertz CT molecular complexity index is 641. The van der Waals surface area contributed by atoms with Crippen LogP contribution in [0.3, 0.4) is 0 Å². The average molecular weight is 365 g/mol. The molecule has 0 aliphatic carbocycles. The lowest BCUT2D eigenvalue weighted by Gasteiger charge is -2.23. The molecule has 1 N–H and O–H groups in total. The summed E-state index contributed by atoms with van der Waals surface area (Å²) < 4.78 is 6.41. The van der Waals surface area contributed by atoms with Gasteiger partial charge in [-0.3, -0.25) is 4.90 Å². The molecule has 0 spiro atoms. The maximum Gasteiger partial charge on any atom is 0.137 e. The summed E-state index contributed by atoms with van der Waals surface area (Å²) in [4.78, 5) is 2.37. The molecule has 1 aliphatic heterocycles. The Morgan fingerprint density at radius 2 is 2.27 bits per heavy atom. The summed E-state index contributed by atoms with van der Waals surface area (Å²) in [7, 11) is 0. The van der Waals surface area contributed by atoms with Gasteiger partial charge < -0.3 is 9.63 Å². The molecule has 118 valence electrons. The van der Waals surface area contributed by atoms with Crippen LogP contribution in [0.5, 0.6) is 5.75 Å². The largest absolute Gasteiger partial charge is 0.508 e. The summed E-state index contributed by atoms with van der Waals surface area (Å²) in [6.07, 6.45) is 4.24. The first-order chi connectivity index (χ1) is 10.7. The number of aromatic nitrogens is 1. The number of phenolic OH excluding ortho intramolecular Hbond substituents is 1. The second-order valence-electron chi connectivity index (χ2n) is 5.87. The van der Waals surface area contributed by atoms with E-state index in [1.807, 2.05) is 12.1 Å². The SMILES string of the molecule is CCCc1cc([C@H]2CCCN2Cc2cc(Br)ccc2O)no1. The summed E-state index contributed by atoms with van der Waals surface area (Å²) in [6, 6.07) is 7.95. The zero-order chi connectivity index (χ0) is 15.5. The van der Waals surface area contributed by atoms with Crippen molar-refractivity contribution in [3.8, 4) is 5.75 Å². The predicted molar refractivity (Wildman–Crippen MR) is 88.7 cm³/mol. The molecule has 22 heavy (non-hydrogen) atoms. The van der Waals surface area contributed by atoms with Gasteiger partial charge in [0.25, 0.3) is 0 Å². The van der Waals surface area contributed by atoms with E-state index in [9.17, 15) is 5.11 Å². The minimum Gasteiger partial charge on any atom is -0.508 e. The van der Waals surface area contributed by atoms with E-state index >= 15 is 0 Å². The second-order valence-corrected chi connectivity index (χ2v) is 6.79. The highest BCUT2D eigenvalue weighted by Crippen LogP contribution is 2.34. The van der Waals surface area contributed by atoms with Crippen molar-refractivity contribution in [1.29, 1.82) is 0 Å². The summed E-state index contributed by atoms with van der Waals surface area (Å²) in [5.41, 5.74) is 1.97. The lowest BCUT2D eigenvalue weighted by molar-refractivity contribution is 0.233. The maximum atomic E-state index is 10.0. The molecule has 1 fully saturated rings. The average Bonchev–Trinajstić information content (AvgIpc) is 3.12. The van der Waals surface area contributed by atoms with Crippen molar-refractivity contribution in [3.63, 3.8) is 0 Å². The lowest BCUT2D eigenvalue weighted by Crippen LogP contribution is -2.23. The van der Waals surface area contributed by atoms with Gasteiger partial charge in [-0.2, -0.15) is 0 Å². The van der Waals surface area contributed by atoms with E-state index in [0.29, 0.717) is 5.75 Å². The Labute approximate surface area is 139 Å². The number of aromatic hydroxyl groups is 1. The Morgan fingerprint density at radius 3 is 3.09 bits per heavy atom. The van der Waals surface area contributed by atoms with E-state index < -0.39 is 0 Å². The molecule has 3 rings (SSSR count). The minimum atomic E-state index is 0.285. The summed E-state index contributed by atoms with van der Waals surface area (Å²) >= 11 is 3.47. The molecular formula is C17H21BrN2O2. The highest BCUT2D eigenvalue weighted by atomic mass is 79.9. The summed E-state index contributed by atoms with van der Waals surface area (Å²) in [5.74, 6) is 1.32. The molecule has 0 radical (unpaired) electrons. The van der Waals surface area contributed by atoms with E-state index in [4.69, 9.17) is 4.52 Å². The number of hydrogen-bond acceptors (Lipinski definition) is 4. The highest BCUT2D eigenvalue weighted by molar-refractivity contribution is 9.10. The van der Waals surface area contributed by atoms with Gasteiger partial charge in [0.1, 0.15) is 17.2 Å². The Morgan fingerprint density at radius 1 is 1.41 bits per heavy atom. The van der Waals surface area contributed by atoms with Gasteiger partial charge in [-0.1, -0.05) is 28.0 Å². The predicted octanol–water partition coefficient (Wildman–Crippen LogP) is 4.43. The van der Waals surface area contributed by atoms with Gasteiger partial charge in [0, 0.05) is 29.1 Å². The van der Waals surface area contributed by atoms with E-state index in [1.54, 1.807) is 6.07 Å². The molecule has 1 atom stereocenters. The molecule has 0 saturated carbocycles. The third kappa shape index (κ3) is 3.36. The molecule has 0 unspecified atom stereocenters. The quantitative estimate of drug-likeness (QED) is 0.852. The van der Waals surface area contributed by atoms with E-state index in [-0.39, 0.29) is 6.04 Å². The number of phenols is 1. The van der Waals surface area contributed by atoms with Gasteiger partial charge in [-0.25, -0.2) is 0 Å². The van der Waals surface area contributed by atoms with Gasteiger partial charge in [-0.15, -0.1) is 0 Å². The molecule has 4 nitrogen and oxygen atoms in total. The minimum absolute atomic E-state index is 0.285. The Hall–Kier alpha value is -1.33. The van der Waals surface area contributed by atoms with Crippen LogP contribution < -0.4 is 0 Å². The number of halogens is 1. The number of aryl methyl sites for hydroxylation is 1. The molecule has 1 aliphatic rings. The van der Waals surface area contributed by atoms with Crippen LogP contribution in [0.4, 0.5) is 0 Å². The first kappa shape index (κ1) is 15.6. The van der Waals surface area contributed by atoms with Crippen molar-refractivity contribution < 1.29 is 9.63 Å². The van der Waals surface area contributed by atoms with Gasteiger partial charge >= 0.3 is 0 Å². The molecule has 2 aromatic rings. The van der Waals surface area contributed by atoms with E-state index in [2.05, 4.69) is 39.0 Å². The van der Waals surface area contributed by atoms with Crippen LogP contribution in [-0.2, 0) is 13.0 Å². The van der Waals surface area contributed by atoms with Crippen LogP contribution >= 0.6 is 15.9 Å². The van der Waals surface area contributed by atoms with Gasteiger partial charge in [0.05, 0.1) is 6.04 Å². The molecular weight excluding hydrogens is 344 g/mol. The topological polar surface area (TPSA) is 49.5 Å². The third-order valence-corrected chi connectivity index (χ3v) is 4.69. The van der Waals surface area contributed by atoms with Crippen molar-refractivity contribution in [2.45, 2.75) is 45.2 Å². The normalized spacial score (nSPS) is 18.9. The van der Waals surface area contributed by atoms with Crippen molar-refractivity contribution >= 4 is 15.9 Å². The molecule has 1 aromatic heterocycles. The highest BCUT2D eigenvalue weighted by Gasteiger charge is 2.29. The molecule has 0 amide bonds. The van der Waals surface area contributed by atoms with Crippen LogP contribution in [0.15, 0.2) is 33.3 Å². The molecule has 0 bridgehead atoms. The van der Waals surface area contributed by atoms with Gasteiger partial charge in [0.15, 0.2) is 0 Å². The third-order valence-electron chi connectivity index (χ3n) is 4.19. The monoisotopic (exact) mass is 364 g/mol. The maximum absolute atomic E-state index is 10.0. The first-order valence-electron chi connectivity index (χ1n) is 7.84. The number of hydrogen-bond donors (Lipinski definition) is 1. The first-order valence-corrected chi connectivity index (χ1v) is 8.63. The molecule has 1 saturated heterocycles. The Balaban J connectivity index is 1.76. The fourth-order valence-corrected chi connectivity index (χ4v) is 3.51. The van der Waals surface area contributed by atoms with Crippen LogP contribution in [0.25, 0.3) is 0 Å². The van der Waals surface area contributed by atoms with Crippen LogP contribution in [0, 0.1) is 0 Å². The van der Waals surface area contributed by atoms with Gasteiger partial charge in [-0.05, 0) is 44.0 Å². The van der Waals surface area contributed by atoms with E-state index in [0.717, 1.165) is 60.3 Å². The lowest BCUT2D eigenvalue weighted by atomic mass is 10.1. The van der Waals surface area contributed by atoms with Crippen LogP contribution in [-0.4, -0.2) is 21.7 Å². The summed E-state index contributed by atoms with van der Waals surface area (Å²) in [5, 5.41) is 14.3. The Kier molecular flexibility index (Phi) is 4.84. The zero-order valence-electron chi connectivity index (χ0n) is 12.8. The number of nitrogens with zero attached hydrogens (tertiary/aromatic N) is 2. The van der Waals surface area contributed by atoms with E-state index in [1.165, 1.54) is 0 Å². The van der Waals surface area contributed by atoms with Crippen molar-refractivity contribution in [2.75, 3.05) is 6.54 Å². The zero-order valence-corrected chi connectivity index (χ0v) is 14.3. The van der Waals surface area contributed by atoms with Crippen LogP contribution in [0.2, 0.25) is 0 Å². The van der Waals surface area contributed by atoms with Gasteiger partial charge in [0.2, 0.25) is 0 Å². The fourth-order valence-electron chi connectivity index (χ4n) is 3.10. The number of likely N-dealkylation sites (tertiary alicyclic amines) is 1. The fraction of sp³-hybridized carbons (Fsp3) is 0.471. The second kappa shape index (κ2) is 6.84. The number of benzene rings is 1.